The summed E-state index contributed by atoms with van der Waals surface area (Å²) in [5.41, 5.74) is 1.86. The molecule has 1 unspecified atom stereocenters. The second-order valence-electron chi connectivity index (χ2n) is 6.33. The van der Waals surface area contributed by atoms with Crippen molar-refractivity contribution in [1.29, 1.82) is 0 Å². The SMILES string of the molecule is C#Cc1ccc(-c2nnc(NCC3CCCO3)c3ccccc23)c(O)c1. The third-order valence-corrected chi connectivity index (χ3v) is 4.63. The quantitative estimate of drug-likeness (QED) is 0.708. The minimum atomic E-state index is 0.0972. The smallest absolute Gasteiger partial charge is 0.156 e. The molecule has 1 aliphatic rings. The fraction of sp³-hybridized carbons (Fsp3) is 0.238. The summed E-state index contributed by atoms with van der Waals surface area (Å²) < 4.78 is 5.66. The zero-order valence-corrected chi connectivity index (χ0v) is 14.3. The first kappa shape index (κ1) is 16.4. The predicted molar refractivity (Wildman–Crippen MR) is 102 cm³/mol. The Balaban J connectivity index is 1.73. The van der Waals surface area contributed by atoms with Crippen LogP contribution in [0.15, 0.2) is 42.5 Å². The monoisotopic (exact) mass is 345 g/mol. The van der Waals surface area contributed by atoms with Crippen molar-refractivity contribution < 1.29 is 9.84 Å². The number of ether oxygens (including phenoxy) is 1. The van der Waals surface area contributed by atoms with Crippen LogP contribution in [0.1, 0.15) is 18.4 Å². The van der Waals surface area contributed by atoms with Crippen molar-refractivity contribution in [2.75, 3.05) is 18.5 Å². The first-order valence-electron chi connectivity index (χ1n) is 8.67. The van der Waals surface area contributed by atoms with Gasteiger partial charge in [-0.3, -0.25) is 0 Å². The van der Waals surface area contributed by atoms with Gasteiger partial charge >= 0.3 is 0 Å². The lowest BCUT2D eigenvalue weighted by Gasteiger charge is -2.14. The lowest BCUT2D eigenvalue weighted by Crippen LogP contribution is -2.19. The van der Waals surface area contributed by atoms with Gasteiger partial charge < -0.3 is 15.2 Å². The second-order valence-corrected chi connectivity index (χ2v) is 6.33. The van der Waals surface area contributed by atoms with E-state index in [1.54, 1.807) is 18.2 Å². The van der Waals surface area contributed by atoms with Gasteiger partial charge in [-0.15, -0.1) is 16.6 Å². The van der Waals surface area contributed by atoms with Gasteiger partial charge in [-0.25, -0.2) is 0 Å². The molecule has 0 amide bonds. The zero-order chi connectivity index (χ0) is 17.9. The highest BCUT2D eigenvalue weighted by molar-refractivity contribution is 6.00. The Labute approximate surface area is 152 Å². The number of aromatic hydroxyl groups is 1. The molecule has 5 nitrogen and oxygen atoms in total. The fourth-order valence-corrected chi connectivity index (χ4v) is 3.27. The van der Waals surface area contributed by atoms with Gasteiger partial charge in [0.05, 0.1) is 6.10 Å². The van der Waals surface area contributed by atoms with E-state index in [0.29, 0.717) is 23.4 Å². The summed E-state index contributed by atoms with van der Waals surface area (Å²) in [4.78, 5) is 0. The van der Waals surface area contributed by atoms with Gasteiger partial charge in [-0.05, 0) is 31.0 Å². The number of hydrogen-bond donors (Lipinski definition) is 2. The van der Waals surface area contributed by atoms with E-state index in [0.717, 1.165) is 36.0 Å². The van der Waals surface area contributed by atoms with E-state index in [2.05, 4.69) is 21.4 Å². The summed E-state index contributed by atoms with van der Waals surface area (Å²) in [5, 5.41) is 24.3. The van der Waals surface area contributed by atoms with Crippen LogP contribution in [0.4, 0.5) is 5.82 Å². The van der Waals surface area contributed by atoms with E-state index in [1.807, 2.05) is 24.3 Å². The van der Waals surface area contributed by atoms with Gasteiger partial charge in [0, 0.05) is 35.1 Å². The Bertz CT molecular complexity index is 988. The number of aromatic nitrogens is 2. The first-order valence-corrected chi connectivity index (χ1v) is 8.67. The van der Waals surface area contributed by atoms with Crippen LogP contribution >= 0.6 is 0 Å². The Morgan fingerprint density at radius 3 is 2.77 bits per heavy atom. The molecule has 1 aliphatic heterocycles. The number of hydrogen-bond acceptors (Lipinski definition) is 5. The van der Waals surface area contributed by atoms with Crippen molar-refractivity contribution in [1.82, 2.24) is 10.2 Å². The number of rotatable bonds is 4. The topological polar surface area (TPSA) is 67.3 Å². The maximum atomic E-state index is 10.4. The molecule has 1 aromatic heterocycles. The van der Waals surface area contributed by atoms with E-state index in [-0.39, 0.29) is 11.9 Å². The lowest BCUT2D eigenvalue weighted by molar-refractivity contribution is 0.120. The normalized spacial score (nSPS) is 16.5. The molecule has 2 aromatic carbocycles. The van der Waals surface area contributed by atoms with Crippen LogP contribution in [0.25, 0.3) is 22.0 Å². The largest absolute Gasteiger partial charge is 0.507 e. The maximum Gasteiger partial charge on any atom is 0.156 e. The number of nitrogens with one attached hydrogen (secondary N) is 1. The van der Waals surface area contributed by atoms with Crippen LogP contribution in [-0.2, 0) is 4.74 Å². The minimum Gasteiger partial charge on any atom is -0.507 e. The molecule has 2 heterocycles. The number of fused-ring (bicyclic) bond motifs is 1. The second kappa shape index (κ2) is 7.03. The number of benzene rings is 2. The van der Waals surface area contributed by atoms with Gasteiger partial charge in [0.15, 0.2) is 5.82 Å². The van der Waals surface area contributed by atoms with E-state index in [1.165, 1.54) is 0 Å². The fourth-order valence-electron chi connectivity index (χ4n) is 3.27. The van der Waals surface area contributed by atoms with Crippen molar-refractivity contribution in [2.24, 2.45) is 0 Å². The number of phenols is 1. The molecule has 0 saturated carbocycles. The summed E-state index contributed by atoms with van der Waals surface area (Å²) >= 11 is 0. The van der Waals surface area contributed by atoms with Crippen molar-refractivity contribution in [3.8, 4) is 29.4 Å². The Kier molecular flexibility index (Phi) is 4.42. The summed E-state index contributed by atoms with van der Waals surface area (Å²) in [6, 6.07) is 13.0. The zero-order valence-electron chi connectivity index (χ0n) is 14.3. The Hall–Kier alpha value is -3.10. The number of terminal acetylenes is 1. The molecule has 1 atom stereocenters. The predicted octanol–water partition coefficient (Wildman–Crippen LogP) is 3.57. The molecule has 0 spiro atoms. The molecule has 4 rings (SSSR count). The van der Waals surface area contributed by atoms with Crippen molar-refractivity contribution in [3.05, 3.63) is 48.0 Å². The molecule has 1 saturated heterocycles. The van der Waals surface area contributed by atoms with Crippen molar-refractivity contribution in [2.45, 2.75) is 18.9 Å². The lowest BCUT2D eigenvalue weighted by atomic mass is 10.0. The third kappa shape index (κ3) is 3.07. The van der Waals surface area contributed by atoms with E-state index in [4.69, 9.17) is 11.2 Å². The Morgan fingerprint density at radius 2 is 2.04 bits per heavy atom. The van der Waals surface area contributed by atoms with Crippen LogP contribution in [0.5, 0.6) is 5.75 Å². The van der Waals surface area contributed by atoms with E-state index in [9.17, 15) is 5.11 Å². The summed E-state index contributed by atoms with van der Waals surface area (Å²) in [6.45, 7) is 1.53. The number of anilines is 1. The summed E-state index contributed by atoms with van der Waals surface area (Å²) in [7, 11) is 0. The maximum absolute atomic E-state index is 10.4. The highest BCUT2D eigenvalue weighted by atomic mass is 16.5. The molecule has 0 bridgehead atoms. The molecular formula is C21H19N3O2. The first-order chi connectivity index (χ1) is 12.8. The number of nitrogens with zero attached hydrogens (tertiary/aromatic N) is 2. The molecule has 3 aromatic rings. The van der Waals surface area contributed by atoms with Crippen molar-refractivity contribution in [3.63, 3.8) is 0 Å². The van der Waals surface area contributed by atoms with Crippen LogP contribution in [0.2, 0.25) is 0 Å². The highest BCUT2D eigenvalue weighted by Crippen LogP contribution is 2.34. The molecule has 1 fully saturated rings. The molecular weight excluding hydrogens is 326 g/mol. The number of phenolic OH excluding ortho intramolecular Hbond substituents is 1. The van der Waals surface area contributed by atoms with Gasteiger partial charge in [0.1, 0.15) is 11.4 Å². The Morgan fingerprint density at radius 1 is 1.19 bits per heavy atom. The molecule has 26 heavy (non-hydrogen) atoms. The van der Waals surface area contributed by atoms with Crippen LogP contribution in [0, 0.1) is 12.3 Å². The van der Waals surface area contributed by atoms with Gasteiger partial charge in [-0.2, -0.15) is 0 Å². The van der Waals surface area contributed by atoms with E-state index >= 15 is 0 Å². The highest BCUT2D eigenvalue weighted by Gasteiger charge is 2.17. The molecule has 0 radical (unpaired) electrons. The minimum absolute atomic E-state index is 0.0972. The molecule has 2 N–H and O–H groups in total. The van der Waals surface area contributed by atoms with E-state index < -0.39 is 0 Å². The molecule has 0 aliphatic carbocycles. The molecule has 5 heteroatoms. The van der Waals surface area contributed by atoms with Crippen LogP contribution in [-0.4, -0.2) is 34.6 Å². The van der Waals surface area contributed by atoms with Gasteiger partial charge in [0.25, 0.3) is 0 Å². The van der Waals surface area contributed by atoms with Gasteiger partial charge in [0.2, 0.25) is 0 Å². The summed E-state index contributed by atoms with van der Waals surface area (Å²) in [5.74, 6) is 3.34. The van der Waals surface area contributed by atoms with Gasteiger partial charge in [-0.1, -0.05) is 30.2 Å². The summed E-state index contributed by atoms with van der Waals surface area (Å²) in [6.07, 6.45) is 7.78. The van der Waals surface area contributed by atoms with Crippen molar-refractivity contribution >= 4 is 16.6 Å². The third-order valence-electron chi connectivity index (χ3n) is 4.63. The average Bonchev–Trinajstić information content (AvgIpc) is 3.20. The van der Waals surface area contributed by atoms with Crippen LogP contribution < -0.4 is 5.32 Å². The molecule has 130 valence electrons. The van der Waals surface area contributed by atoms with Crippen LogP contribution in [0.3, 0.4) is 0 Å². The standard InChI is InChI=1S/C21H19N3O2/c1-2-14-9-10-18(19(25)12-14)20-16-7-3-4-8-17(16)21(24-23-20)22-13-15-6-5-11-26-15/h1,3-4,7-10,12,15,25H,5-6,11,13H2,(H,22,24). The average molecular weight is 345 g/mol.